The molecule has 0 spiro atoms. The fourth-order valence-corrected chi connectivity index (χ4v) is 1.78. The number of hydrogen-bond donors (Lipinski definition) is 2. The minimum Gasteiger partial charge on any atom is -0.352 e. The molecule has 3 nitrogen and oxygen atoms in total. The smallest absolute Gasteiger partial charge is 0.223 e. The Bertz CT molecular complexity index is 191. The molecule has 2 atom stereocenters. The molecule has 0 aromatic heterocycles. The van der Waals surface area contributed by atoms with Crippen molar-refractivity contribution in [2.24, 2.45) is 11.7 Å². The number of nitrogens with one attached hydrogen (secondary N) is 1. The minimum atomic E-state index is 0.128. The van der Waals surface area contributed by atoms with Crippen molar-refractivity contribution in [2.75, 3.05) is 6.54 Å². The van der Waals surface area contributed by atoms with Gasteiger partial charge in [0.15, 0.2) is 0 Å². The third-order valence-corrected chi connectivity index (χ3v) is 2.51. The Morgan fingerprint density at radius 2 is 2.38 bits per heavy atom. The molecule has 0 aliphatic heterocycles. The lowest BCUT2D eigenvalue weighted by atomic mass is 9.85. The number of carbonyl (C=O) groups excluding carboxylic acids is 1. The van der Waals surface area contributed by atoms with E-state index >= 15 is 0 Å². The van der Waals surface area contributed by atoms with Crippen LogP contribution < -0.4 is 11.1 Å². The number of nitrogens with two attached hydrogens (primary N) is 1. The highest BCUT2D eigenvalue weighted by Gasteiger charge is 2.24. The fourth-order valence-electron chi connectivity index (χ4n) is 1.78. The minimum absolute atomic E-state index is 0.128. The molecule has 2 unspecified atom stereocenters. The molecule has 1 amide bonds. The van der Waals surface area contributed by atoms with Crippen LogP contribution in [0.4, 0.5) is 0 Å². The molecule has 3 N–H and O–H groups in total. The number of hydrogen-bond acceptors (Lipinski definition) is 2. The highest BCUT2D eigenvalue weighted by molar-refractivity contribution is 5.78. The van der Waals surface area contributed by atoms with Gasteiger partial charge in [-0.05, 0) is 19.3 Å². The molecule has 0 aromatic rings. The van der Waals surface area contributed by atoms with Crippen LogP contribution in [0.3, 0.4) is 0 Å². The summed E-state index contributed by atoms with van der Waals surface area (Å²) in [6, 6.07) is 0.216. The van der Waals surface area contributed by atoms with Gasteiger partial charge in [-0.15, -0.1) is 6.58 Å². The fraction of sp³-hybridized carbons (Fsp3) is 0.700. The Labute approximate surface area is 79.4 Å². The predicted octanol–water partition coefficient (Wildman–Crippen LogP) is 0.806. The molecule has 1 saturated carbocycles. The second kappa shape index (κ2) is 5.02. The molecule has 0 aromatic carbocycles. The van der Waals surface area contributed by atoms with Gasteiger partial charge in [-0.25, -0.2) is 0 Å². The average molecular weight is 182 g/mol. The number of carbonyl (C=O) groups is 1. The summed E-state index contributed by atoms with van der Waals surface area (Å²) < 4.78 is 0. The Hall–Kier alpha value is -0.830. The first kappa shape index (κ1) is 10.3. The van der Waals surface area contributed by atoms with Crippen LogP contribution in [-0.4, -0.2) is 18.5 Å². The number of amides is 1. The second-order valence-electron chi connectivity index (χ2n) is 3.66. The van der Waals surface area contributed by atoms with E-state index < -0.39 is 0 Å². The van der Waals surface area contributed by atoms with Crippen LogP contribution in [0.2, 0.25) is 0 Å². The van der Waals surface area contributed by atoms with Crippen molar-refractivity contribution < 1.29 is 4.79 Å². The van der Waals surface area contributed by atoms with E-state index in [1.165, 1.54) is 0 Å². The van der Waals surface area contributed by atoms with E-state index in [9.17, 15) is 4.79 Å². The first-order valence-corrected chi connectivity index (χ1v) is 4.88. The van der Waals surface area contributed by atoms with Gasteiger partial charge in [0.1, 0.15) is 0 Å². The van der Waals surface area contributed by atoms with Gasteiger partial charge in [-0.1, -0.05) is 12.5 Å². The highest BCUT2D eigenvalue weighted by atomic mass is 16.1. The zero-order valence-corrected chi connectivity index (χ0v) is 7.96. The molecule has 0 saturated heterocycles. The van der Waals surface area contributed by atoms with Crippen molar-refractivity contribution in [3.8, 4) is 0 Å². The van der Waals surface area contributed by atoms with Gasteiger partial charge >= 0.3 is 0 Å². The van der Waals surface area contributed by atoms with Gasteiger partial charge in [0, 0.05) is 18.5 Å². The topological polar surface area (TPSA) is 55.1 Å². The van der Waals surface area contributed by atoms with Crippen LogP contribution in [0.5, 0.6) is 0 Å². The molecule has 74 valence electrons. The summed E-state index contributed by atoms with van der Waals surface area (Å²) in [5, 5.41) is 2.81. The van der Waals surface area contributed by atoms with Crippen molar-refractivity contribution in [1.29, 1.82) is 0 Å². The van der Waals surface area contributed by atoms with Crippen LogP contribution in [0, 0.1) is 5.92 Å². The van der Waals surface area contributed by atoms with Gasteiger partial charge in [0.05, 0.1) is 0 Å². The van der Waals surface area contributed by atoms with E-state index in [0.717, 1.165) is 25.7 Å². The summed E-state index contributed by atoms with van der Waals surface area (Å²) in [5.41, 5.74) is 5.79. The largest absolute Gasteiger partial charge is 0.352 e. The van der Waals surface area contributed by atoms with Crippen LogP contribution in [-0.2, 0) is 4.79 Å². The van der Waals surface area contributed by atoms with Gasteiger partial charge in [-0.2, -0.15) is 0 Å². The zero-order chi connectivity index (χ0) is 9.68. The highest BCUT2D eigenvalue weighted by Crippen LogP contribution is 2.22. The Balaban J connectivity index is 2.32. The summed E-state index contributed by atoms with van der Waals surface area (Å²) >= 11 is 0. The van der Waals surface area contributed by atoms with E-state index in [4.69, 9.17) is 5.73 Å². The SMILES string of the molecule is C=CCNC(=O)C1CCCC(N)C1. The molecule has 1 aliphatic rings. The second-order valence-corrected chi connectivity index (χ2v) is 3.66. The third kappa shape index (κ3) is 3.19. The molecule has 13 heavy (non-hydrogen) atoms. The predicted molar refractivity (Wildman–Crippen MR) is 53.1 cm³/mol. The van der Waals surface area contributed by atoms with Gasteiger partial charge in [0.25, 0.3) is 0 Å². The third-order valence-electron chi connectivity index (χ3n) is 2.51. The summed E-state index contributed by atoms with van der Waals surface area (Å²) in [4.78, 5) is 11.5. The monoisotopic (exact) mass is 182 g/mol. The first-order valence-electron chi connectivity index (χ1n) is 4.88. The standard InChI is InChI=1S/C10H18N2O/c1-2-6-12-10(13)8-4-3-5-9(11)7-8/h2,8-9H,1,3-7,11H2,(H,12,13). The molecule has 0 bridgehead atoms. The maximum atomic E-state index is 11.5. The van der Waals surface area contributed by atoms with E-state index in [0.29, 0.717) is 6.54 Å². The normalized spacial score (nSPS) is 28.1. The van der Waals surface area contributed by atoms with Crippen LogP contribution in [0.25, 0.3) is 0 Å². The van der Waals surface area contributed by atoms with Crippen LogP contribution in [0.1, 0.15) is 25.7 Å². The molecular formula is C10H18N2O. The lowest BCUT2D eigenvalue weighted by Crippen LogP contribution is -2.37. The first-order chi connectivity index (χ1) is 6.24. The van der Waals surface area contributed by atoms with Crippen molar-refractivity contribution >= 4 is 5.91 Å². The van der Waals surface area contributed by atoms with E-state index in [1.807, 2.05) is 0 Å². The lowest BCUT2D eigenvalue weighted by Gasteiger charge is -2.25. The van der Waals surface area contributed by atoms with Crippen LogP contribution >= 0.6 is 0 Å². The molecular weight excluding hydrogens is 164 g/mol. The maximum absolute atomic E-state index is 11.5. The summed E-state index contributed by atoms with van der Waals surface area (Å²) in [5.74, 6) is 0.263. The quantitative estimate of drug-likeness (QED) is 0.634. The van der Waals surface area contributed by atoms with E-state index in [-0.39, 0.29) is 17.9 Å². The average Bonchev–Trinajstić information content (AvgIpc) is 2.14. The van der Waals surface area contributed by atoms with E-state index in [2.05, 4.69) is 11.9 Å². The number of rotatable bonds is 3. The Morgan fingerprint density at radius 3 is 3.00 bits per heavy atom. The summed E-state index contributed by atoms with van der Waals surface area (Å²) in [6.07, 6.45) is 5.65. The van der Waals surface area contributed by atoms with E-state index in [1.54, 1.807) is 6.08 Å². The summed E-state index contributed by atoms with van der Waals surface area (Å²) in [7, 11) is 0. The van der Waals surface area contributed by atoms with Gasteiger partial charge < -0.3 is 11.1 Å². The van der Waals surface area contributed by atoms with Gasteiger partial charge in [-0.3, -0.25) is 4.79 Å². The molecule has 0 heterocycles. The molecule has 1 rings (SSSR count). The van der Waals surface area contributed by atoms with Crippen molar-refractivity contribution in [3.05, 3.63) is 12.7 Å². The maximum Gasteiger partial charge on any atom is 0.223 e. The summed E-state index contributed by atoms with van der Waals surface area (Å²) in [6.45, 7) is 4.11. The van der Waals surface area contributed by atoms with Gasteiger partial charge in [0.2, 0.25) is 5.91 Å². The molecule has 0 radical (unpaired) electrons. The molecule has 3 heteroatoms. The van der Waals surface area contributed by atoms with Crippen molar-refractivity contribution in [2.45, 2.75) is 31.7 Å². The molecule has 1 aliphatic carbocycles. The zero-order valence-electron chi connectivity index (χ0n) is 7.96. The van der Waals surface area contributed by atoms with Crippen molar-refractivity contribution in [1.82, 2.24) is 5.32 Å². The Kier molecular flexibility index (Phi) is 3.96. The van der Waals surface area contributed by atoms with Crippen molar-refractivity contribution in [3.63, 3.8) is 0 Å². The van der Waals surface area contributed by atoms with Crippen LogP contribution in [0.15, 0.2) is 12.7 Å². The lowest BCUT2D eigenvalue weighted by molar-refractivity contribution is -0.125. The molecule has 1 fully saturated rings. The Morgan fingerprint density at radius 1 is 1.62 bits per heavy atom.